The second-order valence-corrected chi connectivity index (χ2v) is 10.7. The van der Waals surface area contributed by atoms with Gasteiger partial charge in [-0.3, -0.25) is 14.4 Å². The highest BCUT2D eigenvalue weighted by Crippen LogP contribution is 2.46. The highest BCUT2D eigenvalue weighted by molar-refractivity contribution is 6.20. The van der Waals surface area contributed by atoms with Gasteiger partial charge < -0.3 is 35.5 Å². The molecule has 1 fully saturated rings. The van der Waals surface area contributed by atoms with Gasteiger partial charge in [-0.2, -0.15) is 0 Å². The van der Waals surface area contributed by atoms with Crippen LogP contribution < -0.4 is 9.80 Å². The summed E-state index contributed by atoms with van der Waals surface area (Å²) in [5.74, 6) is -2.54. The number of ketones is 3. The topological polar surface area (TPSA) is 153 Å². The summed E-state index contributed by atoms with van der Waals surface area (Å²) >= 11 is 0. The molecular weight excluding hydrogens is 478 g/mol. The molecule has 1 aromatic rings. The molecule has 3 aliphatic rings. The minimum Gasteiger partial charge on any atom is -0.511 e. The molecule has 1 saturated heterocycles. The van der Waals surface area contributed by atoms with Crippen molar-refractivity contribution in [1.29, 1.82) is 0 Å². The molecule has 2 aliphatic carbocycles. The molecule has 0 amide bonds. The third kappa shape index (κ3) is 5.37. The van der Waals surface area contributed by atoms with Gasteiger partial charge in [-0.1, -0.05) is 0 Å². The molecule has 37 heavy (non-hydrogen) atoms. The van der Waals surface area contributed by atoms with Crippen LogP contribution in [0.1, 0.15) is 45.0 Å². The summed E-state index contributed by atoms with van der Waals surface area (Å²) in [6, 6.07) is 1.96. The van der Waals surface area contributed by atoms with Gasteiger partial charge >= 0.3 is 0 Å². The van der Waals surface area contributed by atoms with Crippen LogP contribution in [0.15, 0.2) is 17.4 Å². The quantitative estimate of drug-likeness (QED) is 0.474. The molecule has 3 unspecified atom stereocenters. The lowest BCUT2D eigenvalue weighted by Gasteiger charge is -2.37. The number of hydrogen-bond donors (Lipinski definition) is 3. The van der Waals surface area contributed by atoms with Gasteiger partial charge in [0.25, 0.3) is 0 Å². The number of aliphatic hydroxyl groups excluding tert-OH is 2. The van der Waals surface area contributed by atoms with E-state index in [0.29, 0.717) is 24.1 Å². The number of anilines is 2. The van der Waals surface area contributed by atoms with Crippen LogP contribution in [0.4, 0.5) is 11.4 Å². The third-order valence-corrected chi connectivity index (χ3v) is 8.02. The van der Waals surface area contributed by atoms with Gasteiger partial charge in [0, 0.05) is 67.6 Å². The monoisotopic (exact) mass is 521 g/mol. The Labute approximate surface area is 220 Å². The number of Topliss-reactive ketones (excluding diaryl/α,β-unsaturated/α-hetero) is 3. The van der Waals surface area contributed by atoms with E-state index in [4.69, 9.17) is 0 Å². The first-order valence-corrected chi connectivity index (χ1v) is 12.6. The van der Waals surface area contributed by atoms with Gasteiger partial charge in [-0.25, -0.2) is 0 Å². The molecule has 3 atom stereocenters. The summed E-state index contributed by atoms with van der Waals surface area (Å²) in [5, 5.41) is 31.7. The Morgan fingerprint density at radius 1 is 1.08 bits per heavy atom. The number of likely N-dealkylation sites (N-methyl/N-ethyl adjacent to an activating group) is 1. The van der Waals surface area contributed by atoms with E-state index in [1.807, 2.05) is 25.1 Å². The van der Waals surface area contributed by atoms with Crippen LogP contribution in [0.2, 0.25) is 0 Å². The number of aliphatic hydroxyl groups is 2. The maximum absolute atomic E-state index is 13.4. The van der Waals surface area contributed by atoms with Gasteiger partial charge in [-0.05, 0) is 50.3 Å². The Bertz CT molecular complexity index is 1120. The Morgan fingerprint density at radius 3 is 2.30 bits per heavy atom. The fourth-order valence-electron chi connectivity index (χ4n) is 6.09. The molecule has 0 radical (unpaired) electrons. The third-order valence-electron chi connectivity index (χ3n) is 8.02. The number of aromatic hydroxyl groups is 1. The van der Waals surface area contributed by atoms with E-state index in [9.17, 15) is 29.7 Å². The largest absolute Gasteiger partial charge is 0.511 e. The Kier molecular flexibility index (Phi) is 8.66. The highest BCUT2D eigenvalue weighted by atomic mass is 16.3. The van der Waals surface area contributed by atoms with Crippen LogP contribution in [0.5, 0.6) is 5.75 Å². The summed E-state index contributed by atoms with van der Waals surface area (Å²) in [4.78, 5) is 44.2. The zero-order valence-corrected chi connectivity index (χ0v) is 22.1. The number of rotatable bonds is 6. The number of hydrogen-bond acceptors (Lipinski definition) is 9. The van der Waals surface area contributed by atoms with Crippen LogP contribution in [-0.4, -0.2) is 97.0 Å². The second kappa shape index (κ2) is 11.2. The van der Waals surface area contributed by atoms with E-state index in [1.165, 1.54) is 6.92 Å². The molecule has 0 saturated carbocycles. The van der Waals surface area contributed by atoms with Crippen molar-refractivity contribution in [2.75, 3.05) is 63.7 Å². The Balaban J connectivity index is 0.00000253. The van der Waals surface area contributed by atoms with Crippen molar-refractivity contribution in [2.45, 2.75) is 32.6 Å². The van der Waals surface area contributed by atoms with Gasteiger partial charge in [0.1, 0.15) is 11.5 Å². The number of phenolic OH excluding ortho intramolecular Hbond substituents is 1. The summed E-state index contributed by atoms with van der Waals surface area (Å²) in [7, 11) is 5.90. The molecule has 10 heteroatoms. The number of fused-ring (bicyclic) bond motifs is 1. The van der Waals surface area contributed by atoms with Gasteiger partial charge in [0.05, 0.1) is 23.4 Å². The van der Waals surface area contributed by atoms with Crippen molar-refractivity contribution < 1.29 is 38.0 Å². The molecule has 4 rings (SSSR count). The maximum atomic E-state index is 13.4. The number of nitrogens with zero attached hydrogens (tertiary/aromatic N) is 3. The average Bonchev–Trinajstić information content (AvgIpc) is 2.79. The minimum absolute atomic E-state index is 0. The summed E-state index contributed by atoms with van der Waals surface area (Å²) in [6.07, 6.45) is 1.26. The Hall–Kier alpha value is -2.95. The fourth-order valence-corrected chi connectivity index (χ4v) is 6.09. The van der Waals surface area contributed by atoms with E-state index >= 15 is 0 Å². The van der Waals surface area contributed by atoms with E-state index < -0.39 is 17.5 Å². The summed E-state index contributed by atoms with van der Waals surface area (Å²) in [6.45, 7) is 4.15. The first-order chi connectivity index (χ1) is 17.0. The molecule has 0 spiro atoms. The molecule has 0 bridgehead atoms. The van der Waals surface area contributed by atoms with E-state index in [-0.39, 0.29) is 62.5 Å². The molecule has 0 aromatic heterocycles. The van der Waals surface area contributed by atoms with Gasteiger partial charge in [-0.15, -0.1) is 0 Å². The number of piperazine rings is 1. The van der Waals surface area contributed by atoms with Crippen molar-refractivity contribution >= 4 is 28.7 Å². The van der Waals surface area contributed by atoms with E-state index in [2.05, 4.69) is 16.8 Å². The number of carbonyl (C=O) groups is 3. The highest BCUT2D eigenvalue weighted by Gasteiger charge is 2.41. The second-order valence-electron chi connectivity index (χ2n) is 10.7. The zero-order chi connectivity index (χ0) is 26.3. The smallest absolute Gasteiger partial charge is 0.170 e. The lowest BCUT2D eigenvalue weighted by molar-refractivity contribution is -0.123. The van der Waals surface area contributed by atoms with Gasteiger partial charge in [0.2, 0.25) is 0 Å². The SMILES string of the molecule is CC(=O)C1=C(O)C(CO)C(CC2CC(=O)c3c(O)c(N4CCN(C)CC4)cc(N(C)C)c3C2)CC1=O.O.[HH].[HH]. The van der Waals surface area contributed by atoms with Crippen LogP contribution >= 0.6 is 0 Å². The molecular formula is C27H43N3O7. The number of benzene rings is 1. The van der Waals surface area contributed by atoms with Crippen LogP contribution in [0.25, 0.3) is 0 Å². The standard InChI is InChI=1S/C27H37N3O6.H2O.2H2/c1-15(32)24-23(34)12-17(19(14-31)26(24)35)9-16-10-18-20(28(2)3)13-21(27(36)25(18)22(33)11-16)30-7-5-29(4)6-8-30;;;/h13,16-17,19,31,35-36H,5-12,14H2,1-4H3;1H2;2*1H. The van der Waals surface area contributed by atoms with Crippen LogP contribution in [0.3, 0.4) is 0 Å². The lowest BCUT2D eigenvalue weighted by atomic mass is 9.70. The first-order valence-electron chi connectivity index (χ1n) is 12.6. The number of allylic oxidation sites excluding steroid dienone is 1. The zero-order valence-electron chi connectivity index (χ0n) is 22.1. The Morgan fingerprint density at radius 2 is 1.73 bits per heavy atom. The molecule has 1 aromatic carbocycles. The van der Waals surface area contributed by atoms with Crippen molar-refractivity contribution in [3.63, 3.8) is 0 Å². The molecule has 1 heterocycles. The van der Waals surface area contributed by atoms with E-state index in [0.717, 1.165) is 37.4 Å². The molecule has 208 valence electrons. The van der Waals surface area contributed by atoms with Crippen molar-refractivity contribution in [2.24, 2.45) is 17.8 Å². The average molecular weight is 522 g/mol. The molecule has 5 N–H and O–H groups in total. The maximum Gasteiger partial charge on any atom is 0.170 e. The lowest BCUT2D eigenvalue weighted by Crippen LogP contribution is -2.44. The van der Waals surface area contributed by atoms with Crippen molar-refractivity contribution in [1.82, 2.24) is 4.90 Å². The van der Waals surface area contributed by atoms with Crippen molar-refractivity contribution in [3.8, 4) is 5.75 Å². The summed E-state index contributed by atoms with van der Waals surface area (Å²) < 4.78 is 0. The molecule has 1 aliphatic heterocycles. The van der Waals surface area contributed by atoms with Crippen LogP contribution in [0, 0.1) is 17.8 Å². The van der Waals surface area contributed by atoms with Gasteiger partial charge in [0.15, 0.2) is 17.3 Å². The number of phenols is 1. The number of carbonyl (C=O) groups excluding carboxylic acids is 3. The predicted octanol–water partition coefficient (Wildman–Crippen LogP) is 1.61. The van der Waals surface area contributed by atoms with Crippen LogP contribution in [-0.2, 0) is 16.0 Å². The first kappa shape index (κ1) is 28.6. The van der Waals surface area contributed by atoms with E-state index in [1.54, 1.807) is 0 Å². The normalized spacial score (nSPS) is 24.6. The molecule has 10 nitrogen and oxygen atoms in total. The van der Waals surface area contributed by atoms with Crippen molar-refractivity contribution in [3.05, 3.63) is 28.5 Å². The fraction of sp³-hybridized carbons (Fsp3) is 0.593. The predicted molar refractivity (Wildman–Crippen MR) is 145 cm³/mol. The minimum atomic E-state index is -0.709. The summed E-state index contributed by atoms with van der Waals surface area (Å²) in [5.41, 5.74) is 2.53.